The first kappa shape index (κ1) is 24.5. The average molecular weight is 501 g/mol. The van der Waals surface area contributed by atoms with Crippen LogP contribution in [0.25, 0.3) is 0 Å². The molecule has 1 aliphatic heterocycles. The maximum atomic E-state index is 13.3. The fourth-order valence-electron chi connectivity index (χ4n) is 3.85. The number of rotatable bonds is 5. The topological polar surface area (TPSA) is 112 Å². The molecule has 0 radical (unpaired) electrons. The molecule has 0 bridgehead atoms. The van der Waals surface area contributed by atoms with Gasteiger partial charge in [-0.1, -0.05) is 29.8 Å². The van der Waals surface area contributed by atoms with Crippen LogP contribution < -0.4 is 0 Å². The zero-order chi connectivity index (χ0) is 23.9. The molecule has 2 aromatic rings. The van der Waals surface area contributed by atoms with Gasteiger partial charge in [0.25, 0.3) is 0 Å². The third-order valence-corrected chi connectivity index (χ3v) is 9.42. The maximum Gasteiger partial charge on any atom is 0.408 e. The van der Waals surface area contributed by atoms with Crippen molar-refractivity contribution >= 4 is 37.6 Å². The summed E-state index contributed by atoms with van der Waals surface area (Å²) in [6.45, 7) is 5.28. The van der Waals surface area contributed by atoms with Crippen molar-refractivity contribution in [2.24, 2.45) is 0 Å². The standard InChI is InChI=1S/C21H25ClN2O6S2/c1-21(2,3)24(20(25)26)15-11-12-23(14-15)32(29,30)19-13-17(9-10-18(19)22)31(27,28)16-7-5-4-6-8-16/h4-10,13,15H,11-12,14H2,1-3H3,(H,25,26). The molecule has 1 aliphatic rings. The summed E-state index contributed by atoms with van der Waals surface area (Å²) in [5.41, 5.74) is -0.711. The van der Waals surface area contributed by atoms with Gasteiger partial charge in [0, 0.05) is 18.6 Å². The maximum absolute atomic E-state index is 13.3. The van der Waals surface area contributed by atoms with E-state index in [4.69, 9.17) is 11.6 Å². The summed E-state index contributed by atoms with van der Waals surface area (Å²) in [6, 6.07) is 10.7. The van der Waals surface area contributed by atoms with E-state index >= 15 is 0 Å². The molecule has 0 spiro atoms. The summed E-state index contributed by atoms with van der Waals surface area (Å²) < 4.78 is 53.7. The highest BCUT2D eigenvalue weighted by atomic mass is 35.5. The normalized spacial score (nSPS) is 17.9. The van der Waals surface area contributed by atoms with Gasteiger partial charge in [0.05, 0.1) is 20.9 Å². The first-order valence-corrected chi connectivity index (χ1v) is 13.2. The Labute approximate surface area is 193 Å². The number of carbonyl (C=O) groups is 1. The lowest BCUT2D eigenvalue weighted by Gasteiger charge is -2.37. The van der Waals surface area contributed by atoms with Gasteiger partial charge in [-0.15, -0.1) is 0 Å². The van der Waals surface area contributed by atoms with Crippen LogP contribution >= 0.6 is 11.6 Å². The van der Waals surface area contributed by atoms with E-state index in [2.05, 4.69) is 0 Å². The predicted molar refractivity (Wildman–Crippen MR) is 120 cm³/mol. The molecule has 1 fully saturated rings. The predicted octanol–water partition coefficient (Wildman–Crippen LogP) is 3.71. The van der Waals surface area contributed by atoms with Gasteiger partial charge in [0.2, 0.25) is 19.9 Å². The molecule has 32 heavy (non-hydrogen) atoms. The van der Waals surface area contributed by atoms with Crippen LogP contribution in [0.3, 0.4) is 0 Å². The monoisotopic (exact) mass is 500 g/mol. The molecule has 1 heterocycles. The van der Waals surface area contributed by atoms with Crippen LogP contribution in [0, 0.1) is 0 Å². The number of carboxylic acid groups (broad SMARTS) is 1. The van der Waals surface area contributed by atoms with Gasteiger partial charge in [-0.3, -0.25) is 4.90 Å². The van der Waals surface area contributed by atoms with Crippen LogP contribution in [0.5, 0.6) is 0 Å². The van der Waals surface area contributed by atoms with E-state index in [1.165, 1.54) is 29.2 Å². The largest absolute Gasteiger partial charge is 0.465 e. The molecule has 2 aromatic carbocycles. The third kappa shape index (κ3) is 4.63. The molecule has 8 nitrogen and oxygen atoms in total. The number of hydrogen-bond acceptors (Lipinski definition) is 5. The van der Waals surface area contributed by atoms with Crippen molar-refractivity contribution in [3.8, 4) is 0 Å². The van der Waals surface area contributed by atoms with Crippen LogP contribution in [-0.2, 0) is 19.9 Å². The minimum absolute atomic E-state index is 0.0363. The molecule has 0 aromatic heterocycles. The Morgan fingerprint density at radius 1 is 1.06 bits per heavy atom. The van der Waals surface area contributed by atoms with Gasteiger partial charge in [0.1, 0.15) is 4.90 Å². The third-order valence-electron chi connectivity index (χ3n) is 5.30. The number of nitrogens with zero attached hydrogens (tertiary/aromatic N) is 2. The van der Waals surface area contributed by atoms with Crippen molar-refractivity contribution in [3.05, 3.63) is 53.6 Å². The SMILES string of the molecule is CC(C)(C)N(C(=O)O)C1CCN(S(=O)(=O)c2cc(S(=O)(=O)c3ccccc3)ccc2Cl)C1. The van der Waals surface area contributed by atoms with Gasteiger partial charge in [0.15, 0.2) is 0 Å². The zero-order valence-corrected chi connectivity index (χ0v) is 20.3. The molecule has 174 valence electrons. The minimum atomic E-state index is -4.15. The molecule has 3 rings (SSSR count). The van der Waals surface area contributed by atoms with Crippen LogP contribution in [0.2, 0.25) is 5.02 Å². The smallest absolute Gasteiger partial charge is 0.408 e. The summed E-state index contributed by atoms with van der Waals surface area (Å²) in [4.78, 5) is 12.5. The molecule has 1 atom stereocenters. The molecule has 1 saturated heterocycles. The van der Waals surface area contributed by atoms with E-state index in [1.807, 2.05) is 0 Å². The Morgan fingerprint density at radius 2 is 1.69 bits per heavy atom. The van der Waals surface area contributed by atoms with Crippen molar-refractivity contribution in [3.63, 3.8) is 0 Å². The molecule has 0 saturated carbocycles. The Balaban J connectivity index is 1.96. The summed E-state index contributed by atoms with van der Waals surface area (Å²) in [5, 5.41) is 9.52. The second-order valence-corrected chi connectivity index (χ2v) is 12.8. The molecule has 11 heteroatoms. The van der Waals surface area contributed by atoms with Gasteiger partial charge in [-0.25, -0.2) is 21.6 Å². The van der Waals surface area contributed by atoms with Crippen molar-refractivity contribution in [2.45, 2.75) is 53.5 Å². The van der Waals surface area contributed by atoms with E-state index in [9.17, 15) is 26.7 Å². The number of sulfonamides is 1. The lowest BCUT2D eigenvalue weighted by Crippen LogP contribution is -2.52. The highest BCUT2D eigenvalue weighted by molar-refractivity contribution is 7.91. The van der Waals surface area contributed by atoms with Gasteiger partial charge >= 0.3 is 6.09 Å². The lowest BCUT2D eigenvalue weighted by atomic mass is 10.0. The summed E-state index contributed by atoms with van der Waals surface area (Å²) in [7, 11) is -8.10. The van der Waals surface area contributed by atoms with E-state index in [-0.39, 0.29) is 32.8 Å². The van der Waals surface area contributed by atoms with E-state index in [0.717, 1.165) is 10.4 Å². The van der Waals surface area contributed by atoms with E-state index in [1.54, 1.807) is 39.0 Å². The minimum Gasteiger partial charge on any atom is -0.465 e. The fourth-order valence-corrected chi connectivity index (χ4v) is 7.23. The van der Waals surface area contributed by atoms with Crippen molar-refractivity contribution in [1.82, 2.24) is 9.21 Å². The number of sulfone groups is 1. The molecule has 1 amide bonds. The number of hydrogen-bond donors (Lipinski definition) is 1. The number of amides is 1. The number of benzene rings is 2. The van der Waals surface area contributed by atoms with E-state index < -0.39 is 37.5 Å². The van der Waals surface area contributed by atoms with Gasteiger partial charge < -0.3 is 5.11 Å². The van der Waals surface area contributed by atoms with Crippen molar-refractivity contribution in [1.29, 1.82) is 0 Å². The fraction of sp³-hybridized carbons (Fsp3) is 0.381. The Hall–Kier alpha value is -2.14. The first-order valence-electron chi connectivity index (χ1n) is 9.88. The Kier molecular flexibility index (Phi) is 6.63. The van der Waals surface area contributed by atoms with Gasteiger partial charge in [-0.05, 0) is 57.5 Å². The molecule has 1 unspecified atom stereocenters. The van der Waals surface area contributed by atoms with E-state index in [0.29, 0.717) is 6.42 Å². The number of halogens is 1. The quantitative estimate of drug-likeness (QED) is 0.669. The molecule has 1 N–H and O–H groups in total. The second kappa shape index (κ2) is 8.66. The average Bonchev–Trinajstić information content (AvgIpc) is 3.17. The lowest BCUT2D eigenvalue weighted by molar-refractivity contribution is 0.0742. The van der Waals surface area contributed by atoms with Crippen molar-refractivity contribution < 1.29 is 26.7 Å². The second-order valence-electron chi connectivity index (χ2n) is 8.54. The molecule has 0 aliphatic carbocycles. The first-order chi connectivity index (χ1) is 14.8. The zero-order valence-electron chi connectivity index (χ0n) is 17.9. The Bertz CT molecular complexity index is 1220. The van der Waals surface area contributed by atoms with Crippen molar-refractivity contribution in [2.75, 3.05) is 13.1 Å². The van der Waals surface area contributed by atoms with Crippen LogP contribution in [0.4, 0.5) is 4.79 Å². The highest BCUT2D eigenvalue weighted by Crippen LogP contribution is 2.33. The molecular formula is C21H25ClN2O6S2. The van der Waals surface area contributed by atoms with Crippen LogP contribution in [0.1, 0.15) is 27.2 Å². The summed E-state index contributed by atoms with van der Waals surface area (Å²) >= 11 is 6.17. The van der Waals surface area contributed by atoms with Crippen LogP contribution in [0.15, 0.2) is 63.2 Å². The van der Waals surface area contributed by atoms with Gasteiger partial charge in [-0.2, -0.15) is 4.31 Å². The summed E-state index contributed by atoms with van der Waals surface area (Å²) in [6.07, 6.45) is -0.807. The summed E-state index contributed by atoms with van der Waals surface area (Å²) in [5.74, 6) is 0. The Morgan fingerprint density at radius 3 is 2.25 bits per heavy atom. The molecular weight excluding hydrogens is 476 g/mol. The van der Waals surface area contributed by atoms with Crippen LogP contribution in [-0.4, -0.2) is 61.9 Å². The highest BCUT2D eigenvalue weighted by Gasteiger charge is 2.41.